The summed E-state index contributed by atoms with van der Waals surface area (Å²) in [5, 5.41) is 76.6. The van der Waals surface area contributed by atoms with Crippen LogP contribution < -0.4 is 5.32 Å². The van der Waals surface area contributed by atoms with Crippen LogP contribution in [0.25, 0.3) is 0 Å². The van der Waals surface area contributed by atoms with Crippen molar-refractivity contribution in [2.24, 2.45) is 0 Å². The molecule has 0 aliphatic carbocycles. The van der Waals surface area contributed by atoms with Crippen molar-refractivity contribution in [1.29, 1.82) is 0 Å². The topological polar surface area (TPSA) is 189 Å². The number of hydrogen-bond donors (Lipinski definition) is 8. The zero-order valence-corrected chi connectivity index (χ0v) is 58.4. The zero-order valence-electron chi connectivity index (χ0n) is 58.4. The fourth-order valence-corrected chi connectivity index (χ4v) is 12.7. The largest absolute Gasteiger partial charge is 0.394 e. The molecule has 0 saturated carbocycles. The number of nitrogens with one attached hydrogen (secondary N) is 1. The van der Waals surface area contributed by atoms with Gasteiger partial charge in [0.25, 0.3) is 0 Å². The van der Waals surface area contributed by atoms with E-state index in [-0.39, 0.29) is 12.8 Å². The summed E-state index contributed by atoms with van der Waals surface area (Å²) in [6.45, 7) is 3.51. The minimum atomic E-state index is -1.67. The Morgan fingerprint density at radius 2 is 0.697 bits per heavy atom. The van der Waals surface area contributed by atoms with Gasteiger partial charge in [0.05, 0.1) is 25.4 Å². The third-order valence-corrected chi connectivity index (χ3v) is 18.9. The maximum Gasteiger partial charge on any atom is 0.249 e. The second-order valence-corrected chi connectivity index (χ2v) is 27.4. The number of ether oxygens (including phenoxy) is 2. The molecule has 89 heavy (non-hydrogen) atoms. The number of carbonyl (C=O) groups is 1. The van der Waals surface area contributed by atoms with Crippen molar-refractivity contribution in [2.45, 2.75) is 441 Å². The third-order valence-electron chi connectivity index (χ3n) is 18.9. The maximum atomic E-state index is 13.3. The van der Waals surface area contributed by atoms with Crippen molar-refractivity contribution in [3.8, 4) is 0 Å². The van der Waals surface area contributed by atoms with Crippen molar-refractivity contribution in [3.05, 3.63) is 36.5 Å². The second kappa shape index (κ2) is 66.4. The second-order valence-electron chi connectivity index (χ2n) is 27.4. The summed E-state index contributed by atoms with van der Waals surface area (Å²) in [5.74, 6) is -0.700. The van der Waals surface area contributed by atoms with Crippen LogP contribution in [0, 0.1) is 0 Å². The van der Waals surface area contributed by atoms with E-state index in [0.717, 1.165) is 44.9 Å². The molecule has 11 nitrogen and oxygen atoms in total. The molecule has 1 fully saturated rings. The summed E-state index contributed by atoms with van der Waals surface area (Å²) >= 11 is 0. The average molecular weight is 1260 g/mol. The Morgan fingerprint density at radius 1 is 0.393 bits per heavy atom. The lowest BCUT2D eigenvalue weighted by Crippen LogP contribution is -2.60. The number of unbranched alkanes of at least 4 members (excludes halogenated alkanes) is 51. The van der Waals surface area contributed by atoms with Crippen LogP contribution >= 0.6 is 0 Å². The molecule has 9 unspecified atom stereocenters. The molecular weight excluding hydrogens is 1110 g/mol. The summed E-state index contributed by atoms with van der Waals surface area (Å²) in [5.41, 5.74) is 0. The number of hydrogen-bond acceptors (Lipinski definition) is 10. The van der Waals surface area contributed by atoms with Gasteiger partial charge >= 0.3 is 0 Å². The van der Waals surface area contributed by atoms with E-state index in [1.54, 1.807) is 0 Å². The Kier molecular flexibility index (Phi) is 63.6. The lowest BCUT2D eigenvalue weighted by Gasteiger charge is -2.40. The molecule has 9 atom stereocenters. The smallest absolute Gasteiger partial charge is 0.249 e. The molecule has 526 valence electrons. The molecule has 0 radical (unpaired) electrons. The first-order chi connectivity index (χ1) is 43.7. The van der Waals surface area contributed by atoms with E-state index in [9.17, 15) is 40.5 Å². The maximum absolute atomic E-state index is 13.3. The Morgan fingerprint density at radius 3 is 1.03 bits per heavy atom. The van der Waals surface area contributed by atoms with Crippen molar-refractivity contribution in [3.63, 3.8) is 0 Å². The highest BCUT2D eigenvalue weighted by atomic mass is 16.7. The number of carbonyl (C=O) groups excluding carboxylic acids is 1. The van der Waals surface area contributed by atoms with Crippen LogP contribution in [0.3, 0.4) is 0 Å². The molecule has 8 N–H and O–H groups in total. The van der Waals surface area contributed by atoms with Crippen LogP contribution in [-0.4, -0.2) is 110 Å². The highest BCUT2D eigenvalue weighted by Crippen LogP contribution is 2.24. The van der Waals surface area contributed by atoms with E-state index in [0.29, 0.717) is 12.8 Å². The first kappa shape index (κ1) is 85.3. The van der Waals surface area contributed by atoms with Crippen LogP contribution in [0.15, 0.2) is 36.5 Å². The van der Waals surface area contributed by atoms with Crippen LogP contribution in [0.4, 0.5) is 0 Å². The van der Waals surface area contributed by atoms with Crippen LogP contribution in [0.1, 0.15) is 386 Å². The summed E-state index contributed by atoms with van der Waals surface area (Å²) in [6.07, 6.45) is 75.4. The Labute approximate surface area is 549 Å². The summed E-state index contributed by atoms with van der Waals surface area (Å²) in [7, 11) is 0. The zero-order chi connectivity index (χ0) is 64.6. The van der Waals surface area contributed by atoms with Crippen molar-refractivity contribution >= 4 is 5.91 Å². The van der Waals surface area contributed by atoms with Gasteiger partial charge in [0, 0.05) is 0 Å². The molecule has 0 aromatic rings. The van der Waals surface area contributed by atoms with Gasteiger partial charge < -0.3 is 50.5 Å². The third kappa shape index (κ3) is 53.3. The fourth-order valence-electron chi connectivity index (χ4n) is 12.7. The normalized spacial score (nSPS) is 18.7. The summed E-state index contributed by atoms with van der Waals surface area (Å²) in [6, 6.07) is -1.19. The Bertz CT molecular complexity index is 1540. The van der Waals surface area contributed by atoms with Gasteiger partial charge in [-0.15, -0.1) is 0 Å². The van der Waals surface area contributed by atoms with Gasteiger partial charge in [0.15, 0.2) is 6.29 Å². The van der Waals surface area contributed by atoms with Crippen molar-refractivity contribution < 1.29 is 50.0 Å². The lowest BCUT2D eigenvalue weighted by molar-refractivity contribution is -0.303. The first-order valence-corrected chi connectivity index (χ1v) is 38.9. The highest BCUT2D eigenvalue weighted by Gasteiger charge is 2.44. The highest BCUT2D eigenvalue weighted by molar-refractivity contribution is 5.80. The predicted molar refractivity (Wildman–Crippen MR) is 376 cm³/mol. The average Bonchev–Trinajstić information content (AvgIpc) is 1.73. The standard InChI is InChI=1S/C78H149NO10/c1-3-5-7-9-11-13-15-17-19-21-23-25-27-29-31-32-33-34-35-36-37-38-39-40-42-44-46-48-50-52-54-56-58-60-62-64-66-71(82)77(87)79-69(68-88-78-76(86)75(85)74(84)72(67-80)89-78)73(83)70(81)65-63-61-59-57-55-53-51-49-47-45-43-41-30-28-26-24-22-20-18-16-14-12-10-8-6-4-2/h31-32,34-35,57,59,69-76,78,80-86H,3-30,33,36-56,58,60-68H2,1-2H3,(H,79,87)/b32-31-,35-34-,59-57+. The summed E-state index contributed by atoms with van der Waals surface area (Å²) in [4.78, 5) is 13.3. The van der Waals surface area contributed by atoms with E-state index in [1.165, 1.54) is 302 Å². The van der Waals surface area contributed by atoms with Gasteiger partial charge in [-0.25, -0.2) is 0 Å². The van der Waals surface area contributed by atoms with Gasteiger partial charge in [-0.3, -0.25) is 4.79 Å². The molecule has 0 spiro atoms. The number of allylic oxidation sites excluding steroid dienone is 6. The van der Waals surface area contributed by atoms with Gasteiger partial charge in [0.2, 0.25) is 5.91 Å². The Balaban J connectivity index is 2.15. The minimum Gasteiger partial charge on any atom is -0.394 e. The molecule has 0 bridgehead atoms. The van der Waals surface area contributed by atoms with Crippen LogP contribution in [0.2, 0.25) is 0 Å². The van der Waals surface area contributed by atoms with Gasteiger partial charge in [0.1, 0.15) is 36.6 Å². The molecule has 1 saturated heterocycles. The summed E-state index contributed by atoms with van der Waals surface area (Å²) < 4.78 is 11.2. The predicted octanol–water partition coefficient (Wildman–Crippen LogP) is 19.7. The first-order valence-electron chi connectivity index (χ1n) is 38.9. The minimum absolute atomic E-state index is 0.256. The molecule has 11 heteroatoms. The van der Waals surface area contributed by atoms with E-state index < -0.39 is 74.2 Å². The molecule has 0 aromatic carbocycles. The molecule has 1 amide bonds. The Hall–Kier alpha value is -1.67. The van der Waals surface area contributed by atoms with Crippen LogP contribution in [-0.2, 0) is 14.3 Å². The van der Waals surface area contributed by atoms with Gasteiger partial charge in [-0.05, 0) is 70.6 Å². The van der Waals surface area contributed by atoms with Crippen molar-refractivity contribution in [2.75, 3.05) is 13.2 Å². The van der Waals surface area contributed by atoms with E-state index >= 15 is 0 Å². The van der Waals surface area contributed by atoms with Gasteiger partial charge in [-0.2, -0.15) is 0 Å². The quantitative estimate of drug-likeness (QED) is 0.0215. The van der Waals surface area contributed by atoms with Crippen LogP contribution in [0.5, 0.6) is 0 Å². The molecule has 1 rings (SSSR count). The van der Waals surface area contributed by atoms with Crippen molar-refractivity contribution in [1.82, 2.24) is 5.32 Å². The van der Waals surface area contributed by atoms with Gasteiger partial charge in [-0.1, -0.05) is 352 Å². The number of aliphatic hydroxyl groups excluding tert-OH is 7. The fraction of sp³-hybridized carbons (Fsp3) is 0.910. The number of aliphatic hydroxyl groups is 7. The number of amides is 1. The number of rotatable bonds is 69. The SMILES string of the molecule is CCCCCCCCCCCCCCC/C=C\C/C=C\CCCCCCCCCCCCCCCCCCC(O)C(=O)NC(COC1OC(CO)C(O)C(O)C1O)C(O)C(O)CCC/C=C/CCCCCCCCCCCCCCCCCCCCCCC. The molecule has 1 aliphatic rings. The van der Waals surface area contributed by atoms with E-state index in [1.807, 2.05) is 0 Å². The lowest BCUT2D eigenvalue weighted by atomic mass is 9.98. The molecule has 0 aromatic heterocycles. The monoisotopic (exact) mass is 1260 g/mol. The molecular formula is C78H149NO10. The van der Waals surface area contributed by atoms with E-state index in [4.69, 9.17) is 9.47 Å². The van der Waals surface area contributed by atoms with E-state index in [2.05, 4.69) is 55.6 Å². The molecule has 1 heterocycles. The molecule has 1 aliphatic heterocycles.